The number of nitrogen functional groups attached to an aromatic ring is 1. The average Bonchev–Trinajstić information content (AvgIpc) is 3.32. The Bertz CT molecular complexity index is 1750. The number of carbonyl (C=O) groups excluding carboxylic acids is 2. The number of nitrogens with two attached hydrogens (primary N) is 1. The van der Waals surface area contributed by atoms with Crippen LogP contribution in [0.3, 0.4) is 0 Å². The smallest absolute Gasteiger partial charge is 0.382 e. The van der Waals surface area contributed by atoms with Crippen LogP contribution in [0.2, 0.25) is 0 Å². The van der Waals surface area contributed by atoms with Gasteiger partial charge in [-0.1, -0.05) is 12.1 Å². The third kappa shape index (κ3) is 7.28. The molecule has 0 saturated carbocycles. The van der Waals surface area contributed by atoms with E-state index in [4.69, 9.17) is 10.5 Å². The molecule has 11 nitrogen and oxygen atoms in total. The van der Waals surface area contributed by atoms with Crippen molar-refractivity contribution >= 4 is 34.6 Å². The van der Waals surface area contributed by atoms with E-state index in [2.05, 4.69) is 15.4 Å². The molecule has 2 aromatic heterocycles. The Morgan fingerprint density at radius 3 is 2.33 bits per heavy atom. The van der Waals surface area contributed by atoms with Crippen LogP contribution in [0.5, 0.6) is 0 Å². The van der Waals surface area contributed by atoms with Crippen LogP contribution in [-0.4, -0.2) is 70.5 Å². The van der Waals surface area contributed by atoms with Crippen LogP contribution in [0, 0.1) is 5.82 Å². The number of aromatic nitrogens is 3. The molecule has 5 N–H and O–H groups in total. The number of alkyl halides is 6. The average molecular weight is 655 g/mol. The molecule has 18 heteroatoms. The number of morpholine rings is 1. The molecule has 1 aliphatic heterocycles. The van der Waals surface area contributed by atoms with Crippen molar-refractivity contribution in [3.05, 3.63) is 71.4 Å². The molecular formula is C28H25F7N8O3. The van der Waals surface area contributed by atoms with Crippen molar-refractivity contribution in [2.45, 2.75) is 18.9 Å². The van der Waals surface area contributed by atoms with Gasteiger partial charge in [0, 0.05) is 30.9 Å². The highest BCUT2D eigenvalue weighted by atomic mass is 19.4. The third-order valence-electron chi connectivity index (χ3n) is 6.98. The number of ether oxygens (including phenoxy) is 1. The number of amides is 3. The van der Waals surface area contributed by atoms with Gasteiger partial charge in [0.2, 0.25) is 0 Å². The zero-order valence-corrected chi connectivity index (χ0v) is 23.6. The first-order valence-electron chi connectivity index (χ1n) is 13.6. The van der Waals surface area contributed by atoms with E-state index in [1.54, 1.807) is 0 Å². The number of hydrogen-bond donors (Lipinski definition) is 4. The summed E-state index contributed by atoms with van der Waals surface area (Å²) in [6.07, 6.45) is -8.31. The van der Waals surface area contributed by atoms with Crippen LogP contribution in [0.25, 0.3) is 16.6 Å². The van der Waals surface area contributed by atoms with Gasteiger partial charge in [0.15, 0.2) is 5.82 Å². The van der Waals surface area contributed by atoms with Crippen LogP contribution in [0.1, 0.15) is 21.6 Å². The molecule has 46 heavy (non-hydrogen) atoms. The Kier molecular flexibility index (Phi) is 9.02. The zero-order valence-electron chi connectivity index (χ0n) is 23.6. The van der Waals surface area contributed by atoms with Gasteiger partial charge in [-0.25, -0.2) is 18.7 Å². The van der Waals surface area contributed by atoms with Crippen molar-refractivity contribution in [3.63, 3.8) is 0 Å². The van der Waals surface area contributed by atoms with Crippen LogP contribution in [0.4, 0.5) is 52.7 Å². The maximum atomic E-state index is 14.1. The van der Waals surface area contributed by atoms with Crippen molar-refractivity contribution in [1.29, 1.82) is 0 Å². The highest BCUT2D eigenvalue weighted by molar-refractivity contribution is 6.08. The topological polar surface area (TPSA) is 139 Å². The summed E-state index contributed by atoms with van der Waals surface area (Å²) in [5.41, 5.74) is 5.13. The lowest BCUT2D eigenvalue weighted by atomic mass is 9.99. The van der Waals surface area contributed by atoms with E-state index in [1.807, 2.05) is 15.5 Å². The predicted octanol–water partition coefficient (Wildman–Crippen LogP) is 4.90. The summed E-state index contributed by atoms with van der Waals surface area (Å²) in [5.74, 6) is -2.19. The second-order valence-corrected chi connectivity index (χ2v) is 10.1. The van der Waals surface area contributed by atoms with E-state index in [1.165, 1.54) is 28.8 Å². The molecule has 0 aliphatic carbocycles. The van der Waals surface area contributed by atoms with Gasteiger partial charge >= 0.3 is 18.4 Å². The van der Waals surface area contributed by atoms with E-state index < -0.39 is 47.9 Å². The molecular weight excluding hydrogens is 629 g/mol. The highest BCUT2D eigenvalue weighted by Gasteiger charge is 2.33. The first kappa shape index (κ1) is 32.4. The number of carbonyl (C=O) groups is 2. The summed E-state index contributed by atoms with van der Waals surface area (Å²) in [4.78, 5) is 31.8. The molecule has 1 fully saturated rings. The minimum Gasteiger partial charge on any atom is -0.382 e. The third-order valence-corrected chi connectivity index (χ3v) is 6.98. The number of fused-ring (bicyclic) bond motifs is 1. The fourth-order valence-corrected chi connectivity index (χ4v) is 4.89. The predicted molar refractivity (Wildman–Crippen MR) is 151 cm³/mol. The Morgan fingerprint density at radius 2 is 1.67 bits per heavy atom. The van der Waals surface area contributed by atoms with Gasteiger partial charge in [0.25, 0.3) is 5.91 Å². The molecule has 2 aromatic carbocycles. The number of nitrogens with one attached hydrogen (secondary N) is 3. The number of benzene rings is 2. The van der Waals surface area contributed by atoms with Crippen molar-refractivity contribution in [1.82, 2.24) is 24.8 Å². The van der Waals surface area contributed by atoms with Gasteiger partial charge in [-0.15, -0.1) is 0 Å². The van der Waals surface area contributed by atoms with Gasteiger partial charge < -0.3 is 26.4 Å². The lowest BCUT2D eigenvalue weighted by Gasteiger charge is -2.26. The molecule has 0 atom stereocenters. The van der Waals surface area contributed by atoms with E-state index in [9.17, 15) is 40.3 Å². The maximum absolute atomic E-state index is 14.1. The highest BCUT2D eigenvalue weighted by Crippen LogP contribution is 2.37. The first-order chi connectivity index (χ1) is 21.7. The van der Waals surface area contributed by atoms with Crippen LogP contribution in [-0.2, 0) is 17.5 Å². The lowest BCUT2D eigenvalue weighted by Crippen LogP contribution is -2.37. The first-order valence-corrected chi connectivity index (χ1v) is 13.6. The Balaban J connectivity index is 1.49. The quantitative estimate of drug-likeness (QED) is 0.208. The summed E-state index contributed by atoms with van der Waals surface area (Å²) in [7, 11) is 0. The molecule has 3 heterocycles. The lowest BCUT2D eigenvalue weighted by molar-refractivity contribution is -0.137. The fourth-order valence-electron chi connectivity index (χ4n) is 4.89. The van der Waals surface area contributed by atoms with Crippen LogP contribution >= 0.6 is 0 Å². The van der Waals surface area contributed by atoms with E-state index in [0.717, 1.165) is 6.33 Å². The summed E-state index contributed by atoms with van der Waals surface area (Å²) in [5, 5.41) is 10.5. The normalized spacial score (nSPS) is 14.3. The Hall–Kier alpha value is -4.97. The number of halogens is 7. The zero-order chi connectivity index (χ0) is 33.2. The van der Waals surface area contributed by atoms with Gasteiger partial charge in [-0.05, 0) is 35.9 Å². The number of nitrogens with zero attached hydrogens (tertiary/aromatic N) is 4. The van der Waals surface area contributed by atoms with Crippen molar-refractivity contribution in [3.8, 4) is 11.1 Å². The minimum atomic E-state index is -4.77. The van der Waals surface area contributed by atoms with E-state index in [-0.39, 0.29) is 40.4 Å². The minimum absolute atomic E-state index is 0.0622. The number of urea groups is 1. The summed E-state index contributed by atoms with van der Waals surface area (Å²) in [6, 6.07) is 6.08. The monoisotopic (exact) mass is 654 g/mol. The number of hydrogen-bond acceptors (Lipinski definition) is 7. The summed E-state index contributed by atoms with van der Waals surface area (Å²) in [6.45, 7) is 0.303. The molecule has 1 aliphatic rings. The second kappa shape index (κ2) is 12.8. The summed E-state index contributed by atoms with van der Waals surface area (Å²) < 4.78 is 99.1. The molecule has 0 bridgehead atoms. The Morgan fingerprint density at radius 1 is 0.978 bits per heavy atom. The largest absolute Gasteiger partial charge is 0.416 e. The molecule has 4 aromatic rings. The molecule has 0 spiro atoms. The summed E-state index contributed by atoms with van der Waals surface area (Å²) >= 11 is 0. The number of rotatable bonds is 7. The van der Waals surface area contributed by atoms with E-state index in [0.29, 0.717) is 50.1 Å². The van der Waals surface area contributed by atoms with Crippen molar-refractivity contribution in [2.24, 2.45) is 0 Å². The van der Waals surface area contributed by atoms with Crippen molar-refractivity contribution in [2.75, 3.05) is 49.2 Å². The fraction of sp³-hybridized carbons (Fsp3) is 0.286. The Labute approximate surface area is 255 Å². The standard InChI is InChI=1S/C28H25F7N8O3/c29-18-6-3-16(28(33,34)35)11-19(18)41-26(45)40-17-4-1-15(2-5-17)21-22(25(44)37-13-27(30,31)32)20(12-42-7-9-46-10-8-42)43-23(21)24(36)38-14-39-43/h1-6,11,14H,7-10,12-13H2,(H,37,44)(H2,36,38,39)(H2,40,41,45). The second-order valence-electron chi connectivity index (χ2n) is 10.1. The SMILES string of the molecule is Nc1ncnn2c(CN3CCOCC3)c(C(=O)NCC(F)(F)F)c(-c3ccc(NC(=O)Nc4cc(C(F)(F)F)ccc4F)cc3)c12. The van der Waals surface area contributed by atoms with Gasteiger partial charge in [-0.2, -0.15) is 31.4 Å². The molecule has 1 saturated heterocycles. The molecule has 3 amide bonds. The molecule has 0 unspecified atom stereocenters. The molecule has 5 rings (SSSR count). The van der Waals surface area contributed by atoms with E-state index >= 15 is 0 Å². The van der Waals surface area contributed by atoms with Crippen molar-refractivity contribution < 1.29 is 45.1 Å². The molecule has 0 radical (unpaired) electrons. The molecule has 244 valence electrons. The van der Waals surface area contributed by atoms with Gasteiger partial charge in [0.1, 0.15) is 24.2 Å². The van der Waals surface area contributed by atoms with Crippen LogP contribution < -0.4 is 21.7 Å². The maximum Gasteiger partial charge on any atom is 0.416 e. The van der Waals surface area contributed by atoms with Gasteiger partial charge in [-0.3, -0.25) is 9.69 Å². The number of anilines is 3. The van der Waals surface area contributed by atoms with Crippen LogP contribution in [0.15, 0.2) is 48.8 Å². The van der Waals surface area contributed by atoms with Gasteiger partial charge in [0.05, 0.1) is 35.7 Å².